The highest BCUT2D eigenvalue weighted by molar-refractivity contribution is 4.55. The fourth-order valence-corrected chi connectivity index (χ4v) is 4.15. The van der Waals surface area contributed by atoms with Gasteiger partial charge in [0.2, 0.25) is 0 Å². The Morgan fingerprint density at radius 2 is 1.05 bits per heavy atom. The Morgan fingerprint density at radius 3 is 1.57 bits per heavy atom. The molecule has 1 saturated heterocycles. The zero-order valence-corrected chi connectivity index (χ0v) is 15.2. The minimum atomic E-state index is 1.37. The van der Waals surface area contributed by atoms with Gasteiger partial charge in [-0.25, -0.2) is 0 Å². The number of unbranched alkanes of at least 4 members (excludes halogenated alkanes) is 9. The van der Waals surface area contributed by atoms with Gasteiger partial charge in [-0.1, -0.05) is 65.2 Å². The van der Waals surface area contributed by atoms with Crippen molar-refractivity contribution in [2.45, 2.75) is 104 Å². The molecule has 0 aromatic heterocycles. The zero-order valence-electron chi connectivity index (χ0n) is 15.2. The van der Waals surface area contributed by atoms with Gasteiger partial charge in [-0.15, -0.1) is 0 Å². The highest BCUT2D eigenvalue weighted by Gasteiger charge is 2.27. The number of piperidine rings is 1. The second-order valence-corrected chi connectivity index (χ2v) is 7.48. The molecule has 0 aliphatic carbocycles. The summed E-state index contributed by atoms with van der Waals surface area (Å²) in [5.41, 5.74) is 0. The van der Waals surface area contributed by atoms with Crippen LogP contribution in [0.4, 0.5) is 0 Å². The van der Waals surface area contributed by atoms with Crippen molar-refractivity contribution < 1.29 is 4.48 Å². The van der Waals surface area contributed by atoms with Crippen LogP contribution in [-0.2, 0) is 0 Å². The van der Waals surface area contributed by atoms with E-state index in [2.05, 4.69) is 13.8 Å². The molecule has 0 N–H and O–H groups in total. The second kappa shape index (κ2) is 12.5. The van der Waals surface area contributed by atoms with Crippen LogP contribution in [0.3, 0.4) is 0 Å². The molecule has 0 atom stereocenters. The summed E-state index contributed by atoms with van der Waals surface area (Å²) in [5, 5.41) is 0. The third-order valence-corrected chi connectivity index (χ3v) is 5.45. The highest BCUT2D eigenvalue weighted by Crippen LogP contribution is 2.21. The fraction of sp³-hybridized carbons (Fsp3) is 1.00. The average Bonchev–Trinajstić information content (AvgIpc) is 2.50. The molecule has 0 aromatic rings. The van der Waals surface area contributed by atoms with E-state index < -0.39 is 0 Å². The number of nitrogens with zero attached hydrogens (tertiary/aromatic N) is 1. The Balaban J connectivity index is 1.96. The van der Waals surface area contributed by atoms with Crippen LogP contribution in [0.15, 0.2) is 0 Å². The average molecular weight is 297 g/mol. The van der Waals surface area contributed by atoms with E-state index in [1.54, 1.807) is 0 Å². The minimum Gasteiger partial charge on any atom is -0.324 e. The molecule has 1 heteroatoms. The molecule has 0 unspecified atom stereocenters. The summed E-state index contributed by atoms with van der Waals surface area (Å²) in [7, 11) is 0. The van der Waals surface area contributed by atoms with E-state index in [0.717, 1.165) is 0 Å². The van der Waals surface area contributed by atoms with Crippen LogP contribution in [-0.4, -0.2) is 30.7 Å². The molecule has 1 heterocycles. The first-order valence-electron chi connectivity index (χ1n) is 10.2. The summed E-state index contributed by atoms with van der Waals surface area (Å²) >= 11 is 0. The van der Waals surface area contributed by atoms with Crippen molar-refractivity contribution >= 4 is 0 Å². The third-order valence-electron chi connectivity index (χ3n) is 5.45. The number of likely N-dealkylation sites (tertiary alicyclic amines) is 1. The molecule has 0 bridgehead atoms. The van der Waals surface area contributed by atoms with Gasteiger partial charge in [0.15, 0.2) is 0 Å². The van der Waals surface area contributed by atoms with Gasteiger partial charge in [0.05, 0.1) is 26.2 Å². The van der Waals surface area contributed by atoms with Gasteiger partial charge >= 0.3 is 0 Å². The van der Waals surface area contributed by atoms with Gasteiger partial charge in [-0.2, -0.15) is 0 Å². The van der Waals surface area contributed by atoms with E-state index in [1.165, 1.54) is 121 Å². The Hall–Kier alpha value is -0.0400. The van der Waals surface area contributed by atoms with Crippen LogP contribution >= 0.6 is 0 Å². The number of hydrogen-bond acceptors (Lipinski definition) is 0. The summed E-state index contributed by atoms with van der Waals surface area (Å²) < 4.78 is 1.47. The topological polar surface area (TPSA) is 0 Å². The molecule has 1 nitrogen and oxygen atoms in total. The van der Waals surface area contributed by atoms with Crippen molar-refractivity contribution in [2.24, 2.45) is 0 Å². The maximum Gasteiger partial charge on any atom is 0.0786 e. The van der Waals surface area contributed by atoms with E-state index in [1.807, 2.05) is 0 Å². The molecule has 0 spiro atoms. The molecule has 1 aliphatic rings. The molecule has 21 heavy (non-hydrogen) atoms. The SMILES string of the molecule is CCCCCCCCCCCC[N+]1(CCC)CCCCC1. The van der Waals surface area contributed by atoms with Crippen LogP contribution in [0.1, 0.15) is 104 Å². The Bertz CT molecular complexity index is 212. The van der Waals surface area contributed by atoms with Gasteiger partial charge < -0.3 is 4.48 Å². The molecule has 1 fully saturated rings. The van der Waals surface area contributed by atoms with Gasteiger partial charge in [-0.05, 0) is 38.5 Å². The van der Waals surface area contributed by atoms with Crippen molar-refractivity contribution in [3.8, 4) is 0 Å². The van der Waals surface area contributed by atoms with Gasteiger partial charge in [-0.3, -0.25) is 0 Å². The highest BCUT2D eigenvalue weighted by atomic mass is 15.3. The molecular formula is C20H42N+. The zero-order chi connectivity index (χ0) is 15.2. The maximum absolute atomic E-state index is 2.37. The van der Waals surface area contributed by atoms with E-state index in [4.69, 9.17) is 0 Å². The van der Waals surface area contributed by atoms with Crippen LogP contribution < -0.4 is 0 Å². The fourth-order valence-electron chi connectivity index (χ4n) is 4.15. The van der Waals surface area contributed by atoms with Crippen molar-refractivity contribution in [2.75, 3.05) is 26.2 Å². The molecule has 0 saturated carbocycles. The second-order valence-electron chi connectivity index (χ2n) is 7.48. The monoisotopic (exact) mass is 296 g/mol. The Labute approximate surface area is 135 Å². The van der Waals surface area contributed by atoms with E-state index in [9.17, 15) is 0 Å². The standard InChI is InChI=1S/C20H42N/c1-3-5-6-7-8-9-10-11-12-14-18-21(17-4-2)19-15-13-16-20-21/h3-20H2,1-2H3/q+1. The predicted octanol–water partition coefficient (Wildman–Crippen LogP) is 6.32. The van der Waals surface area contributed by atoms with Crippen LogP contribution in [0.25, 0.3) is 0 Å². The van der Waals surface area contributed by atoms with Crippen molar-refractivity contribution in [1.82, 2.24) is 0 Å². The first-order chi connectivity index (χ1) is 10.3. The molecule has 1 rings (SSSR count). The van der Waals surface area contributed by atoms with Gasteiger partial charge in [0, 0.05) is 0 Å². The first kappa shape index (κ1) is 19.0. The lowest BCUT2D eigenvalue weighted by Gasteiger charge is -2.41. The minimum absolute atomic E-state index is 1.37. The Morgan fingerprint density at radius 1 is 0.524 bits per heavy atom. The molecule has 0 amide bonds. The van der Waals surface area contributed by atoms with E-state index >= 15 is 0 Å². The van der Waals surface area contributed by atoms with Gasteiger partial charge in [0.25, 0.3) is 0 Å². The van der Waals surface area contributed by atoms with Crippen molar-refractivity contribution in [3.05, 3.63) is 0 Å². The molecule has 126 valence electrons. The van der Waals surface area contributed by atoms with E-state index in [-0.39, 0.29) is 0 Å². The molecule has 0 aromatic carbocycles. The van der Waals surface area contributed by atoms with E-state index in [0.29, 0.717) is 0 Å². The summed E-state index contributed by atoms with van der Waals surface area (Å²) in [6.07, 6.45) is 20.5. The quantitative estimate of drug-likeness (QED) is 0.275. The predicted molar refractivity (Wildman–Crippen MR) is 95.7 cm³/mol. The number of rotatable bonds is 13. The van der Waals surface area contributed by atoms with Crippen LogP contribution in [0.2, 0.25) is 0 Å². The molecular weight excluding hydrogens is 254 g/mol. The molecule has 1 aliphatic heterocycles. The lowest BCUT2D eigenvalue weighted by Crippen LogP contribution is -2.52. The molecule has 0 radical (unpaired) electrons. The number of hydrogen-bond donors (Lipinski definition) is 0. The Kier molecular flexibility index (Phi) is 11.3. The lowest BCUT2D eigenvalue weighted by molar-refractivity contribution is -0.932. The first-order valence-corrected chi connectivity index (χ1v) is 10.2. The normalized spacial score (nSPS) is 18.0. The summed E-state index contributed by atoms with van der Waals surface area (Å²) in [6, 6.07) is 0. The van der Waals surface area contributed by atoms with Crippen LogP contribution in [0.5, 0.6) is 0 Å². The third kappa shape index (κ3) is 8.86. The van der Waals surface area contributed by atoms with Crippen LogP contribution in [0, 0.1) is 0 Å². The lowest BCUT2D eigenvalue weighted by atomic mass is 10.0. The smallest absolute Gasteiger partial charge is 0.0786 e. The maximum atomic E-state index is 2.37. The number of quaternary nitrogens is 1. The van der Waals surface area contributed by atoms with Crippen molar-refractivity contribution in [1.29, 1.82) is 0 Å². The summed E-state index contributed by atoms with van der Waals surface area (Å²) in [4.78, 5) is 0. The van der Waals surface area contributed by atoms with Crippen molar-refractivity contribution in [3.63, 3.8) is 0 Å². The summed E-state index contributed by atoms with van der Waals surface area (Å²) in [5.74, 6) is 0. The van der Waals surface area contributed by atoms with Gasteiger partial charge in [0.1, 0.15) is 0 Å². The largest absolute Gasteiger partial charge is 0.324 e. The summed E-state index contributed by atoms with van der Waals surface area (Å²) in [6.45, 7) is 10.5.